The number of rotatable bonds is 5. The molecule has 0 saturated heterocycles. The average Bonchev–Trinajstić information content (AvgIpc) is 3.34. The van der Waals surface area contributed by atoms with Crippen LogP contribution in [0, 0.1) is 17.8 Å². The summed E-state index contributed by atoms with van der Waals surface area (Å²) in [4.78, 5) is 7.74. The lowest BCUT2D eigenvalue weighted by atomic mass is 9.33. The Kier molecular flexibility index (Phi) is 8.02. The van der Waals surface area contributed by atoms with E-state index in [4.69, 9.17) is 0 Å². The van der Waals surface area contributed by atoms with Crippen LogP contribution >= 0.6 is 0 Å². The van der Waals surface area contributed by atoms with Crippen molar-refractivity contribution in [1.82, 2.24) is 0 Å². The van der Waals surface area contributed by atoms with Crippen LogP contribution in [0.4, 0.5) is 51.2 Å². The molecule has 65 heavy (non-hydrogen) atoms. The van der Waals surface area contributed by atoms with Crippen molar-refractivity contribution in [2.45, 2.75) is 63.2 Å². The zero-order valence-corrected chi connectivity index (χ0v) is 37.3. The van der Waals surface area contributed by atoms with Gasteiger partial charge in [0, 0.05) is 45.2 Å². The van der Waals surface area contributed by atoms with Crippen LogP contribution in [0.25, 0.3) is 11.1 Å². The Morgan fingerprint density at radius 1 is 0.400 bits per heavy atom. The minimum absolute atomic E-state index is 0.103. The molecule has 314 valence electrons. The second kappa shape index (κ2) is 13.9. The van der Waals surface area contributed by atoms with Crippen molar-refractivity contribution in [3.63, 3.8) is 0 Å². The van der Waals surface area contributed by atoms with E-state index in [1.807, 2.05) is 0 Å². The molecule has 0 unspecified atom stereocenters. The third kappa shape index (κ3) is 5.49. The minimum Gasteiger partial charge on any atom is -0.311 e. The number of para-hydroxylation sites is 4. The lowest BCUT2D eigenvalue weighted by molar-refractivity contribution is -0.00514. The third-order valence-corrected chi connectivity index (χ3v) is 16.7. The van der Waals surface area contributed by atoms with Crippen LogP contribution in [0.5, 0.6) is 0 Å². The van der Waals surface area contributed by atoms with E-state index in [1.165, 1.54) is 128 Å². The molecule has 4 heteroatoms. The maximum atomic E-state index is 2.69. The lowest BCUT2D eigenvalue weighted by Gasteiger charge is -2.57. The Morgan fingerprint density at radius 3 is 1.40 bits per heavy atom. The van der Waals surface area contributed by atoms with Gasteiger partial charge in [0.15, 0.2) is 0 Å². The largest absolute Gasteiger partial charge is 0.311 e. The first-order chi connectivity index (χ1) is 31.9. The summed E-state index contributed by atoms with van der Waals surface area (Å²) in [5.41, 5.74) is 22.3. The summed E-state index contributed by atoms with van der Waals surface area (Å²) in [5, 5.41) is 0. The Hall–Kier alpha value is -6.78. The first-order valence-corrected chi connectivity index (χ1v) is 24.1. The van der Waals surface area contributed by atoms with Crippen molar-refractivity contribution in [3.05, 3.63) is 205 Å². The van der Waals surface area contributed by atoms with Crippen molar-refractivity contribution >= 4 is 74.3 Å². The van der Waals surface area contributed by atoms with Gasteiger partial charge in [0.25, 0.3) is 6.71 Å². The van der Waals surface area contributed by atoms with Crippen LogP contribution in [-0.4, -0.2) is 6.71 Å². The van der Waals surface area contributed by atoms with E-state index in [9.17, 15) is 0 Å². The predicted molar refractivity (Wildman–Crippen MR) is 273 cm³/mol. The van der Waals surface area contributed by atoms with E-state index in [2.05, 4.69) is 217 Å². The zero-order chi connectivity index (χ0) is 43.0. The van der Waals surface area contributed by atoms with E-state index in [1.54, 1.807) is 5.56 Å². The Balaban J connectivity index is 0.989. The molecule has 4 saturated carbocycles. The van der Waals surface area contributed by atoms with E-state index in [0.29, 0.717) is 0 Å². The fraction of sp³-hybridized carbons (Fsp3) is 0.213. The van der Waals surface area contributed by atoms with Crippen molar-refractivity contribution in [2.24, 2.45) is 17.8 Å². The summed E-state index contributed by atoms with van der Waals surface area (Å²) in [6, 6.07) is 71.5. The normalized spacial score (nSPS) is 22.5. The lowest BCUT2D eigenvalue weighted by Crippen LogP contribution is -2.61. The number of nitrogens with zero attached hydrogens (tertiary/aromatic N) is 3. The SMILES string of the molecule is CC1(C)c2ccccc2N(c2ccc(N3c4ccccc4B4c5ccccc5N(c5cccc(-c6ccccc6)c5)c5cc(C67CC8CC(CC(C8)C6)C7)cc3c54)cc2)c2ccccc21. The highest BCUT2D eigenvalue weighted by atomic mass is 15.2. The molecule has 7 aliphatic rings. The van der Waals surface area contributed by atoms with Gasteiger partial charge in [-0.05, 0) is 179 Å². The maximum Gasteiger partial charge on any atom is 0.252 e. The molecule has 0 radical (unpaired) electrons. The Labute approximate surface area is 384 Å². The van der Waals surface area contributed by atoms with E-state index < -0.39 is 0 Å². The van der Waals surface area contributed by atoms with Gasteiger partial charge < -0.3 is 14.7 Å². The van der Waals surface area contributed by atoms with Crippen molar-refractivity contribution < 1.29 is 0 Å². The molecular formula is C61H52BN3. The molecule has 3 heterocycles. The molecule has 8 aromatic carbocycles. The molecule has 8 aromatic rings. The molecule has 4 aliphatic carbocycles. The molecule has 4 bridgehead atoms. The summed E-state index contributed by atoms with van der Waals surface area (Å²) >= 11 is 0. The number of hydrogen-bond donors (Lipinski definition) is 0. The first-order valence-electron chi connectivity index (χ1n) is 24.1. The van der Waals surface area contributed by atoms with E-state index >= 15 is 0 Å². The smallest absolute Gasteiger partial charge is 0.252 e. The third-order valence-electron chi connectivity index (χ3n) is 16.7. The monoisotopic (exact) mass is 837 g/mol. The fourth-order valence-corrected chi connectivity index (χ4v) is 14.4. The molecule has 0 N–H and O–H groups in total. The van der Waals surface area contributed by atoms with Gasteiger partial charge in [0.05, 0.1) is 11.4 Å². The van der Waals surface area contributed by atoms with Crippen LogP contribution in [0.1, 0.15) is 69.1 Å². The quantitative estimate of drug-likeness (QED) is 0.160. The highest BCUT2D eigenvalue weighted by Gasteiger charge is 2.53. The second-order valence-corrected chi connectivity index (χ2v) is 20.8. The molecule has 3 nitrogen and oxygen atoms in total. The predicted octanol–water partition coefficient (Wildman–Crippen LogP) is 14.0. The number of hydrogen-bond acceptors (Lipinski definition) is 3. The Bertz CT molecular complexity index is 3120. The second-order valence-electron chi connectivity index (χ2n) is 20.8. The van der Waals surface area contributed by atoms with Crippen molar-refractivity contribution in [3.8, 4) is 11.1 Å². The molecule has 15 rings (SSSR count). The summed E-state index contributed by atoms with van der Waals surface area (Å²) in [5.74, 6) is 2.54. The first kappa shape index (κ1) is 37.6. The number of fused-ring (bicyclic) bond motifs is 6. The standard InChI is InChI=1S/C61H52BN3/c1-60(2)49-19-6-10-23-53(49)63(54-24-11-7-20-50(54)60)46-27-29-47(30-28-46)64-55-25-12-8-21-51(55)62-52-22-9-13-26-56(52)65(48-18-14-17-44(34-48)43-15-4-3-5-16-43)58-36-45(35-57(64)59(58)62)61-37-40-31-41(38-61)33-42(32-40)39-61/h3-30,34-36,40-42H,31-33,37-39H2,1-2H3. The number of anilines is 9. The molecule has 4 fully saturated rings. The van der Waals surface area contributed by atoms with Crippen LogP contribution < -0.4 is 31.1 Å². The maximum absolute atomic E-state index is 2.69. The average molecular weight is 838 g/mol. The zero-order valence-electron chi connectivity index (χ0n) is 37.3. The number of benzene rings is 8. The molecular weight excluding hydrogens is 786 g/mol. The topological polar surface area (TPSA) is 9.72 Å². The van der Waals surface area contributed by atoms with Gasteiger partial charge in [-0.15, -0.1) is 0 Å². The van der Waals surface area contributed by atoms with Gasteiger partial charge in [-0.2, -0.15) is 0 Å². The molecule has 3 aliphatic heterocycles. The Morgan fingerprint density at radius 2 is 0.846 bits per heavy atom. The van der Waals surface area contributed by atoms with Gasteiger partial charge in [-0.1, -0.05) is 129 Å². The van der Waals surface area contributed by atoms with Gasteiger partial charge >= 0.3 is 0 Å². The van der Waals surface area contributed by atoms with Gasteiger partial charge in [-0.3, -0.25) is 0 Å². The fourth-order valence-electron chi connectivity index (χ4n) is 14.4. The van der Waals surface area contributed by atoms with Crippen LogP contribution in [0.15, 0.2) is 188 Å². The summed E-state index contributed by atoms with van der Waals surface area (Å²) < 4.78 is 0. The molecule has 0 spiro atoms. The summed E-state index contributed by atoms with van der Waals surface area (Å²) in [7, 11) is 0. The van der Waals surface area contributed by atoms with Crippen molar-refractivity contribution in [2.75, 3.05) is 14.7 Å². The van der Waals surface area contributed by atoms with E-state index in [0.717, 1.165) is 17.8 Å². The van der Waals surface area contributed by atoms with Gasteiger partial charge in [-0.25, -0.2) is 0 Å². The molecule has 0 atom stereocenters. The summed E-state index contributed by atoms with van der Waals surface area (Å²) in [6.45, 7) is 4.83. The summed E-state index contributed by atoms with van der Waals surface area (Å²) in [6.07, 6.45) is 8.26. The van der Waals surface area contributed by atoms with Gasteiger partial charge in [0.1, 0.15) is 0 Å². The van der Waals surface area contributed by atoms with Crippen LogP contribution in [-0.2, 0) is 10.8 Å². The van der Waals surface area contributed by atoms with Crippen LogP contribution in [0.2, 0.25) is 0 Å². The van der Waals surface area contributed by atoms with Crippen LogP contribution in [0.3, 0.4) is 0 Å². The van der Waals surface area contributed by atoms with Crippen molar-refractivity contribution in [1.29, 1.82) is 0 Å². The van der Waals surface area contributed by atoms with E-state index in [-0.39, 0.29) is 17.5 Å². The highest BCUT2D eigenvalue weighted by molar-refractivity contribution is 7.00. The molecule has 0 aromatic heterocycles. The highest BCUT2D eigenvalue weighted by Crippen LogP contribution is 2.62. The molecule has 0 amide bonds. The van der Waals surface area contributed by atoms with Gasteiger partial charge in [0.2, 0.25) is 0 Å². The minimum atomic E-state index is -0.103.